The van der Waals surface area contributed by atoms with Crippen molar-refractivity contribution in [2.24, 2.45) is 5.41 Å². The second kappa shape index (κ2) is 9.91. The van der Waals surface area contributed by atoms with E-state index in [1.807, 2.05) is 19.1 Å². The van der Waals surface area contributed by atoms with Crippen LogP contribution < -0.4 is 9.47 Å². The Morgan fingerprint density at radius 1 is 1.03 bits per heavy atom. The average Bonchev–Trinajstić information content (AvgIpc) is 2.62. The first-order valence-corrected chi connectivity index (χ1v) is 12.4. The molecule has 0 aliphatic carbocycles. The molecular formula is C22H32O9Si. The van der Waals surface area contributed by atoms with Crippen LogP contribution in [0.3, 0.4) is 0 Å². The van der Waals surface area contributed by atoms with Gasteiger partial charge in [0.1, 0.15) is 11.5 Å². The van der Waals surface area contributed by atoms with E-state index in [1.54, 1.807) is 6.07 Å². The summed E-state index contributed by atoms with van der Waals surface area (Å²) in [4.78, 5) is 34.5. The standard InChI is InChI=1S/C22H32O9Si/c1-15(23)29-32(30-16(2)24,31-17(3)25)12-8-11-26-19-9-10-20-18(13-19)14-27-22(7,28-20)21(4,5)6/h9-10,13H,8,11-12,14H2,1-7H3. The number of benzene rings is 1. The molecule has 0 saturated carbocycles. The predicted molar refractivity (Wildman–Crippen MR) is 116 cm³/mol. The van der Waals surface area contributed by atoms with E-state index in [0.717, 1.165) is 32.1 Å². The summed E-state index contributed by atoms with van der Waals surface area (Å²) in [6, 6.07) is 5.52. The Balaban J connectivity index is 2.01. The summed E-state index contributed by atoms with van der Waals surface area (Å²) in [5.74, 6) is -1.48. The molecule has 0 saturated heterocycles. The minimum absolute atomic E-state index is 0.0485. The molecule has 0 spiro atoms. The van der Waals surface area contributed by atoms with Gasteiger partial charge in [0.2, 0.25) is 5.79 Å². The molecule has 1 aliphatic rings. The lowest BCUT2D eigenvalue weighted by molar-refractivity contribution is -0.249. The maximum absolute atomic E-state index is 11.5. The van der Waals surface area contributed by atoms with Crippen molar-refractivity contribution in [3.05, 3.63) is 23.8 Å². The van der Waals surface area contributed by atoms with Crippen LogP contribution in [0.2, 0.25) is 6.04 Å². The van der Waals surface area contributed by atoms with Gasteiger partial charge < -0.3 is 27.5 Å². The van der Waals surface area contributed by atoms with Crippen LogP contribution in [0.25, 0.3) is 0 Å². The Morgan fingerprint density at radius 2 is 1.59 bits per heavy atom. The van der Waals surface area contributed by atoms with Gasteiger partial charge in [0.15, 0.2) is 0 Å². The van der Waals surface area contributed by atoms with Crippen molar-refractivity contribution in [2.75, 3.05) is 6.61 Å². The van der Waals surface area contributed by atoms with E-state index in [9.17, 15) is 14.4 Å². The van der Waals surface area contributed by atoms with E-state index in [0.29, 0.717) is 18.8 Å². The second-order valence-corrected chi connectivity index (χ2v) is 11.3. The molecule has 1 unspecified atom stereocenters. The monoisotopic (exact) mass is 468 g/mol. The molecule has 10 heteroatoms. The van der Waals surface area contributed by atoms with Gasteiger partial charge in [-0.1, -0.05) is 20.8 Å². The van der Waals surface area contributed by atoms with E-state index in [1.165, 1.54) is 0 Å². The molecule has 0 N–H and O–H groups in total. The normalized spacial score (nSPS) is 18.1. The fourth-order valence-electron chi connectivity index (χ4n) is 3.03. The number of carbonyl (C=O) groups excluding carboxylic acids is 3. The third kappa shape index (κ3) is 6.70. The van der Waals surface area contributed by atoms with Crippen LogP contribution in [0.15, 0.2) is 18.2 Å². The molecule has 0 fully saturated rings. The van der Waals surface area contributed by atoms with Gasteiger partial charge in [0.05, 0.1) is 19.3 Å². The Bertz CT molecular complexity index is 821. The molecular weight excluding hydrogens is 436 g/mol. The minimum Gasteiger partial charge on any atom is -0.494 e. The van der Waals surface area contributed by atoms with Gasteiger partial charge in [-0.2, -0.15) is 0 Å². The third-order valence-electron chi connectivity index (χ3n) is 5.00. The summed E-state index contributed by atoms with van der Waals surface area (Å²) in [5.41, 5.74) is 0.662. The molecule has 1 aromatic rings. The van der Waals surface area contributed by atoms with Gasteiger partial charge in [0.25, 0.3) is 17.9 Å². The van der Waals surface area contributed by atoms with E-state index in [4.69, 9.17) is 27.5 Å². The maximum atomic E-state index is 11.5. The summed E-state index contributed by atoms with van der Waals surface area (Å²) in [5, 5.41) is 0. The smallest absolute Gasteiger partial charge is 0.494 e. The molecule has 1 aromatic carbocycles. The lowest BCUT2D eigenvalue weighted by Gasteiger charge is -2.44. The fraction of sp³-hybridized carbons (Fsp3) is 0.591. The van der Waals surface area contributed by atoms with Crippen molar-refractivity contribution in [1.29, 1.82) is 0 Å². The van der Waals surface area contributed by atoms with Gasteiger partial charge in [-0.15, -0.1) is 0 Å². The second-order valence-electron chi connectivity index (χ2n) is 8.77. The Kier molecular flexibility index (Phi) is 7.95. The van der Waals surface area contributed by atoms with Crippen molar-refractivity contribution < 1.29 is 41.9 Å². The van der Waals surface area contributed by atoms with Gasteiger partial charge in [0, 0.05) is 38.7 Å². The summed E-state index contributed by atoms with van der Waals surface area (Å²) in [6.45, 7) is 12.2. The highest BCUT2D eigenvalue weighted by molar-refractivity contribution is 6.65. The Labute approximate surface area is 189 Å². The van der Waals surface area contributed by atoms with Crippen LogP contribution in [0.5, 0.6) is 11.5 Å². The van der Waals surface area contributed by atoms with Crippen LogP contribution in [0.1, 0.15) is 60.5 Å². The topological polar surface area (TPSA) is 107 Å². The highest BCUT2D eigenvalue weighted by Gasteiger charge is 2.51. The molecule has 178 valence electrons. The molecule has 0 bridgehead atoms. The molecule has 1 aliphatic heterocycles. The number of carbonyl (C=O) groups is 3. The first-order chi connectivity index (χ1) is 14.8. The van der Waals surface area contributed by atoms with Crippen molar-refractivity contribution >= 4 is 26.7 Å². The van der Waals surface area contributed by atoms with E-state index in [-0.39, 0.29) is 18.1 Å². The molecule has 1 heterocycles. The Morgan fingerprint density at radius 3 is 2.09 bits per heavy atom. The van der Waals surface area contributed by atoms with Gasteiger partial charge in [-0.3, -0.25) is 14.4 Å². The minimum atomic E-state index is -3.85. The van der Waals surface area contributed by atoms with Gasteiger partial charge in [-0.05, 0) is 24.6 Å². The first-order valence-electron chi connectivity index (χ1n) is 10.4. The van der Waals surface area contributed by atoms with Crippen molar-refractivity contribution in [2.45, 2.75) is 73.3 Å². The Hall–Kier alpha value is -2.59. The largest absolute Gasteiger partial charge is 0.705 e. The zero-order valence-electron chi connectivity index (χ0n) is 19.7. The quantitative estimate of drug-likeness (QED) is 0.416. The van der Waals surface area contributed by atoms with Crippen LogP contribution in [-0.2, 0) is 39.0 Å². The van der Waals surface area contributed by atoms with Crippen LogP contribution in [-0.4, -0.2) is 39.1 Å². The molecule has 0 radical (unpaired) electrons. The zero-order chi connectivity index (χ0) is 24.2. The number of hydrogen-bond donors (Lipinski definition) is 0. The molecule has 9 nitrogen and oxygen atoms in total. The summed E-state index contributed by atoms with van der Waals surface area (Å²) < 4.78 is 33.3. The zero-order valence-corrected chi connectivity index (χ0v) is 20.7. The van der Waals surface area contributed by atoms with Crippen LogP contribution in [0, 0.1) is 5.41 Å². The van der Waals surface area contributed by atoms with Gasteiger partial charge >= 0.3 is 8.80 Å². The van der Waals surface area contributed by atoms with E-state index in [2.05, 4.69) is 20.8 Å². The molecule has 0 aromatic heterocycles. The predicted octanol–water partition coefficient (Wildman–Crippen LogP) is 3.76. The number of ether oxygens (including phenoxy) is 3. The van der Waals surface area contributed by atoms with Crippen molar-refractivity contribution in [3.8, 4) is 11.5 Å². The first kappa shape index (κ1) is 25.7. The number of hydrogen-bond acceptors (Lipinski definition) is 9. The summed E-state index contributed by atoms with van der Waals surface area (Å²) >= 11 is 0. The lowest BCUT2D eigenvalue weighted by Crippen LogP contribution is -2.49. The SMILES string of the molecule is CC(=O)O[Si](CCCOc1ccc2c(c1)COC(C)(C(C)(C)C)O2)(OC(C)=O)OC(C)=O. The van der Waals surface area contributed by atoms with Crippen LogP contribution in [0.4, 0.5) is 0 Å². The molecule has 32 heavy (non-hydrogen) atoms. The highest BCUT2D eigenvalue weighted by Crippen LogP contribution is 2.42. The molecule has 0 amide bonds. The van der Waals surface area contributed by atoms with Crippen molar-refractivity contribution in [3.63, 3.8) is 0 Å². The third-order valence-corrected chi connectivity index (χ3v) is 7.76. The summed E-state index contributed by atoms with van der Waals surface area (Å²) in [7, 11) is -3.85. The summed E-state index contributed by atoms with van der Waals surface area (Å²) in [6.07, 6.45) is 0.326. The lowest BCUT2D eigenvalue weighted by atomic mass is 9.86. The number of fused-ring (bicyclic) bond motifs is 1. The van der Waals surface area contributed by atoms with Gasteiger partial charge in [-0.25, -0.2) is 0 Å². The van der Waals surface area contributed by atoms with E-state index >= 15 is 0 Å². The molecule has 1 atom stereocenters. The highest BCUT2D eigenvalue weighted by atomic mass is 28.4. The van der Waals surface area contributed by atoms with Crippen molar-refractivity contribution in [1.82, 2.24) is 0 Å². The molecule has 2 rings (SSSR count). The fourth-order valence-corrected chi connectivity index (χ4v) is 5.36. The van der Waals surface area contributed by atoms with E-state index < -0.39 is 32.5 Å². The van der Waals surface area contributed by atoms with Crippen LogP contribution >= 0.6 is 0 Å². The average molecular weight is 469 g/mol. The number of rotatable bonds is 8. The maximum Gasteiger partial charge on any atom is 0.705 e.